The summed E-state index contributed by atoms with van der Waals surface area (Å²) >= 11 is 0. The molecule has 39 heavy (non-hydrogen) atoms. The summed E-state index contributed by atoms with van der Waals surface area (Å²) in [6.07, 6.45) is 1.45. The smallest absolute Gasteiger partial charge is 0.342 e. The SMILES string of the molecule is CCCn1nc(C)c(C(=O)OC)c1-c1ccc(-c2ccccc2S(=O)(=O)NC(=O)c2ccccc2)cc1CC. The molecular formula is C30H31N3O5S. The summed E-state index contributed by atoms with van der Waals surface area (Å²) in [5, 5.41) is 4.60. The van der Waals surface area contributed by atoms with E-state index in [4.69, 9.17) is 4.74 Å². The molecule has 8 nitrogen and oxygen atoms in total. The first-order chi connectivity index (χ1) is 18.7. The van der Waals surface area contributed by atoms with Crippen molar-refractivity contribution in [3.63, 3.8) is 0 Å². The number of hydrogen-bond acceptors (Lipinski definition) is 6. The molecule has 0 aliphatic rings. The van der Waals surface area contributed by atoms with Crippen LogP contribution in [0, 0.1) is 6.92 Å². The van der Waals surface area contributed by atoms with Crippen LogP contribution in [0.2, 0.25) is 0 Å². The van der Waals surface area contributed by atoms with E-state index in [2.05, 4.69) is 9.82 Å². The highest BCUT2D eigenvalue weighted by molar-refractivity contribution is 7.90. The summed E-state index contributed by atoms with van der Waals surface area (Å²) in [5.41, 5.74) is 4.79. The topological polar surface area (TPSA) is 107 Å². The van der Waals surface area contributed by atoms with E-state index in [9.17, 15) is 18.0 Å². The molecule has 0 bridgehead atoms. The highest BCUT2D eigenvalue weighted by Gasteiger charge is 2.26. The number of methoxy groups -OCH3 is 1. The van der Waals surface area contributed by atoms with Crippen molar-refractivity contribution in [3.05, 3.63) is 95.2 Å². The molecule has 1 heterocycles. The maximum absolute atomic E-state index is 13.3. The lowest BCUT2D eigenvalue weighted by Gasteiger charge is -2.16. The maximum Gasteiger partial charge on any atom is 0.342 e. The molecule has 0 spiro atoms. The van der Waals surface area contributed by atoms with Gasteiger partial charge in [0.25, 0.3) is 15.9 Å². The summed E-state index contributed by atoms with van der Waals surface area (Å²) in [6, 6.07) is 20.4. The minimum atomic E-state index is -4.18. The van der Waals surface area contributed by atoms with E-state index in [1.54, 1.807) is 55.5 Å². The summed E-state index contributed by atoms with van der Waals surface area (Å²) < 4.78 is 35.7. The van der Waals surface area contributed by atoms with Crippen LogP contribution in [-0.4, -0.2) is 37.2 Å². The average molecular weight is 546 g/mol. The van der Waals surface area contributed by atoms with Crippen LogP contribution in [0.15, 0.2) is 77.7 Å². The molecule has 0 saturated heterocycles. The lowest BCUT2D eigenvalue weighted by Crippen LogP contribution is -2.30. The van der Waals surface area contributed by atoms with Crippen molar-refractivity contribution in [1.29, 1.82) is 0 Å². The number of sulfonamides is 1. The van der Waals surface area contributed by atoms with Crippen molar-refractivity contribution < 1.29 is 22.7 Å². The number of ether oxygens (including phenoxy) is 1. The fourth-order valence-corrected chi connectivity index (χ4v) is 5.83. The fraction of sp³-hybridized carbons (Fsp3) is 0.233. The van der Waals surface area contributed by atoms with Gasteiger partial charge in [-0.15, -0.1) is 0 Å². The summed E-state index contributed by atoms with van der Waals surface area (Å²) in [6.45, 7) is 6.44. The maximum atomic E-state index is 13.3. The predicted octanol–water partition coefficient (Wildman–Crippen LogP) is 5.40. The highest BCUT2D eigenvalue weighted by Crippen LogP contribution is 2.35. The first-order valence-corrected chi connectivity index (χ1v) is 14.2. The normalized spacial score (nSPS) is 11.3. The van der Waals surface area contributed by atoms with Gasteiger partial charge in [0.1, 0.15) is 5.56 Å². The second kappa shape index (κ2) is 11.7. The zero-order valence-corrected chi connectivity index (χ0v) is 23.2. The summed E-state index contributed by atoms with van der Waals surface area (Å²) in [7, 11) is -2.83. The molecule has 4 aromatic rings. The van der Waals surface area contributed by atoms with Gasteiger partial charge in [-0.05, 0) is 49.1 Å². The van der Waals surface area contributed by atoms with E-state index >= 15 is 0 Å². The van der Waals surface area contributed by atoms with Crippen molar-refractivity contribution in [2.75, 3.05) is 7.11 Å². The van der Waals surface area contributed by atoms with Gasteiger partial charge in [-0.1, -0.05) is 68.4 Å². The number of nitrogens with one attached hydrogen (secondary N) is 1. The van der Waals surface area contributed by atoms with Gasteiger partial charge in [-0.25, -0.2) is 17.9 Å². The van der Waals surface area contributed by atoms with Gasteiger partial charge in [0.2, 0.25) is 0 Å². The molecule has 0 unspecified atom stereocenters. The van der Waals surface area contributed by atoms with Gasteiger partial charge < -0.3 is 4.74 Å². The quantitative estimate of drug-likeness (QED) is 0.282. The first kappa shape index (κ1) is 27.8. The Morgan fingerprint density at radius 3 is 2.31 bits per heavy atom. The van der Waals surface area contributed by atoms with Gasteiger partial charge >= 0.3 is 5.97 Å². The Morgan fingerprint density at radius 1 is 0.949 bits per heavy atom. The molecule has 1 N–H and O–H groups in total. The molecular weight excluding hydrogens is 514 g/mol. The van der Waals surface area contributed by atoms with E-state index in [1.807, 2.05) is 36.7 Å². The van der Waals surface area contributed by atoms with E-state index < -0.39 is 21.9 Å². The Kier molecular flexibility index (Phi) is 8.30. The molecule has 0 atom stereocenters. The molecule has 0 fully saturated rings. The van der Waals surface area contributed by atoms with Crippen LogP contribution in [-0.2, 0) is 27.7 Å². The summed E-state index contributed by atoms with van der Waals surface area (Å²) in [5.74, 6) is -1.16. The number of rotatable bonds is 9. The Balaban J connectivity index is 1.80. The van der Waals surface area contributed by atoms with Gasteiger partial charge in [-0.3, -0.25) is 9.48 Å². The third-order valence-corrected chi connectivity index (χ3v) is 7.83. The molecule has 202 valence electrons. The third-order valence-electron chi connectivity index (χ3n) is 6.44. The highest BCUT2D eigenvalue weighted by atomic mass is 32.2. The number of amides is 1. The minimum absolute atomic E-state index is 0.00815. The van der Waals surface area contributed by atoms with Crippen molar-refractivity contribution in [3.8, 4) is 22.4 Å². The second-order valence-electron chi connectivity index (χ2n) is 9.05. The van der Waals surface area contributed by atoms with Crippen molar-refractivity contribution in [2.24, 2.45) is 0 Å². The number of carbonyl (C=O) groups excluding carboxylic acids is 2. The number of carbonyl (C=O) groups is 2. The Hall–Kier alpha value is -4.24. The van der Waals surface area contributed by atoms with E-state index in [-0.39, 0.29) is 10.5 Å². The van der Waals surface area contributed by atoms with Crippen LogP contribution >= 0.6 is 0 Å². The van der Waals surface area contributed by atoms with E-state index in [0.29, 0.717) is 41.0 Å². The molecule has 0 aliphatic heterocycles. The van der Waals surface area contributed by atoms with Gasteiger partial charge in [-0.2, -0.15) is 5.10 Å². The molecule has 0 aliphatic carbocycles. The number of aromatic nitrogens is 2. The monoisotopic (exact) mass is 545 g/mol. The van der Waals surface area contributed by atoms with Crippen LogP contribution < -0.4 is 4.72 Å². The number of benzene rings is 3. The van der Waals surface area contributed by atoms with Crippen molar-refractivity contribution >= 4 is 21.9 Å². The Bertz CT molecular complexity index is 1630. The van der Waals surface area contributed by atoms with Crippen LogP contribution in [0.5, 0.6) is 0 Å². The molecule has 0 saturated carbocycles. The van der Waals surface area contributed by atoms with Gasteiger partial charge in [0.05, 0.1) is 23.4 Å². The lowest BCUT2D eigenvalue weighted by molar-refractivity contribution is 0.0600. The first-order valence-electron chi connectivity index (χ1n) is 12.7. The number of esters is 1. The fourth-order valence-electron chi connectivity index (χ4n) is 4.62. The van der Waals surface area contributed by atoms with Crippen LogP contribution in [0.25, 0.3) is 22.4 Å². The van der Waals surface area contributed by atoms with Crippen molar-refractivity contribution in [2.45, 2.75) is 45.1 Å². The average Bonchev–Trinajstić information content (AvgIpc) is 3.27. The third kappa shape index (κ3) is 5.63. The zero-order valence-electron chi connectivity index (χ0n) is 22.4. The van der Waals surface area contributed by atoms with Crippen molar-refractivity contribution in [1.82, 2.24) is 14.5 Å². The largest absolute Gasteiger partial charge is 0.465 e. The standard InChI is InChI=1S/C30H31N3O5S/c1-5-18-33-28(27(20(3)31-33)30(35)38-4)25-17-16-23(19-21(25)6-2)24-14-10-11-15-26(24)39(36,37)32-29(34)22-12-8-7-9-13-22/h7-17,19H,5-6,18H2,1-4H3,(H,32,34). The molecule has 1 amide bonds. The number of aryl methyl sites for hydroxylation is 3. The van der Waals surface area contributed by atoms with Crippen LogP contribution in [0.4, 0.5) is 0 Å². The van der Waals surface area contributed by atoms with E-state index in [1.165, 1.54) is 13.2 Å². The van der Waals surface area contributed by atoms with Crippen LogP contribution in [0.1, 0.15) is 52.2 Å². The minimum Gasteiger partial charge on any atom is -0.465 e. The van der Waals surface area contributed by atoms with Gasteiger partial charge in [0.15, 0.2) is 0 Å². The molecule has 9 heteroatoms. The zero-order chi connectivity index (χ0) is 28.2. The van der Waals surface area contributed by atoms with Gasteiger partial charge in [0, 0.05) is 23.2 Å². The molecule has 3 aromatic carbocycles. The molecule has 0 radical (unpaired) electrons. The second-order valence-corrected chi connectivity index (χ2v) is 10.7. The Morgan fingerprint density at radius 2 is 1.64 bits per heavy atom. The number of nitrogens with zero attached hydrogens (tertiary/aromatic N) is 2. The Labute approximate surface area is 228 Å². The lowest BCUT2D eigenvalue weighted by atomic mass is 9.94. The molecule has 4 rings (SSSR count). The predicted molar refractivity (Wildman–Crippen MR) is 150 cm³/mol. The number of hydrogen-bond donors (Lipinski definition) is 1. The van der Waals surface area contributed by atoms with E-state index in [0.717, 1.165) is 17.5 Å². The molecule has 1 aromatic heterocycles. The van der Waals surface area contributed by atoms with Crippen LogP contribution in [0.3, 0.4) is 0 Å². The summed E-state index contributed by atoms with van der Waals surface area (Å²) in [4.78, 5) is 25.3.